The summed E-state index contributed by atoms with van der Waals surface area (Å²) in [4.78, 5) is 24.6. The summed E-state index contributed by atoms with van der Waals surface area (Å²) in [5.74, 6) is -0.756. The Morgan fingerprint density at radius 3 is 2.62 bits per heavy atom. The number of anilines is 1. The Bertz CT molecular complexity index is 626. The topological polar surface area (TPSA) is 62.6 Å². The first-order valence-corrected chi connectivity index (χ1v) is 6.39. The van der Waals surface area contributed by atoms with E-state index in [1.807, 2.05) is 0 Å². The van der Waals surface area contributed by atoms with Gasteiger partial charge in [-0.2, -0.15) is 0 Å². The fraction of sp³-hybridized carbons (Fsp3) is 0.200. The van der Waals surface area contributed by atoms with Crippen molar-refractivity contribution in [1.29, 1.82) is 0 Å². The van der Waals surface area contributed by atoms with Crippen molar-refractivity contribution in [2.45, 2.75) is 13.5 Å². The number of rotatable bonds is 5. The largest absolute Gasteiger partial charge is 0.467 e. The zero-order chi connectivity index (χ0) is 15.2. The Kier molecular flexibility index (Phi) is 4.71. The number of amides is 2. The summed E-state index contributed by atoms with van der Waals surface area (Å²) in [6.07, 6.45) is 1.50. The van der Waals surface area contributed by atoms with Crippen molar-refractivity contribution in [3.05, 3.63) is 54.2 Å². The first-order valence-electron chi connectivity index (χ1n) is 6.39. The van der Waals surface area contributed by atoms with E-state index >= 15 is 0 Å². The first kappa shape index (κ1) is 14.8. The van der Waals surface area contributed by atoms with Crippen LogP contribution in [-0.4, -0.2) is 18.4 Å². The molecule has 0 saturated heterocycles. The van der Waals surface area contributed by atoms with Crippen LogP contribution in [0.15, 0.2) is 47.1 Å². The Labute approximate surface area is 121 Å². The number of furan rings is 1. The van der Waals surface area contributed by atoms with Crippen LogP contribution in [0.4, 0.5) is 10.1 Å². The third-order valence-corrected chi connectivity index (χ3v) is 2.86. The van der Waals surface area contributed by atoms with E-state index in [4.69, 9.17) is 4.42 Å². The monoisotopic (exact) mass is 290 g/mol. The second-order valence-corrected chi connectivity index (χ2v) is 4.41. The Morgan fingerprint density at radius 2 is 2.00 bits per heavy atom. The molecule has 0 fully saturated rings. The van der Waals surface area contributed by atoms with Crippen molar-refractivity contribution in [1.82, 2.24) is 5.32 Å². The molecule has 0 aliphatic carbocycles. The van der Waals surface area contributed by atoms with E-state index in [9.17, 15) is 14.0 Å². The summed E-state index contributed by atoms with van der Waals surface area (Å²) in [6.45, 7) is 1.25. The van der Waals surface area contributed by atoms with Gasteiger partial charge in [-0.25, -0.2) is 4.39 Å². The lowest BCUT2D eigenvalue weighted by Crippen LogP contribution is -2.40. The summed E-state index contributed by atoms with van der Waals surface area (Å²) < 4.78 is 18.8. The van der Waals surface area contributed by atoms with Crippen molar-refractivity contribution < 1.29 is 18.4 Å². The van der Waals surface area contributed by atoms with E-state index < -0.39 is 17.6 Å². The molecule has 1 heterocycles. The number of hydrogen-bond donors (Lipinski definition) is 1. The third kappa shape index (κ3) is 3.92. The van der Waals surface area contributed by atoms with Crippen LogP contribution in [0.3, 0.4) is 0 Å². The van der Waals surface area contributed by atoms with E-state index in [1.165, 1.54) is 31.4 Å². The predicted octanol–water partition coefficient (Wildman–Crippen LogP) is 2.09. The molecule has 2 rings (SSSR count). The van der Waals surface area contributed by atoms with E-state index in [1.54, 1.807) is 18.2 Å². The Balaban J connectivity index is 2.01. The summed E-state index contributed by atoms with van der Waals surface area (Å²) >= 11 is 0. The number of para-hydroxylation sites is 1. The van der Waals surface area contributed by atoms with E-state index in [0.717, 1.165) is 4.90 Å². The molecule has 2 aromatic rings. The van der Waals surface area contributed by atoms with Crippen molar-refractivity contribution in [2.75, 3.05) is 11.4 Å². The number of nitrogens with one attached hydrogen (secondary N) is 1. The highest BCUT2D eigenvalue weighted by molar-refractivity contribution is 5.97. The zero-order valence-corrected chi connectivity index (χ0v) is 11.5. The van der Waals surface area contributed by atoms with Gasteiger partial charge in [-0.1, -0.05) is 12.1 Å². The second kappa shape index (κ2) is 6.69. The Morgan fingerprint density at radius 1 is 1.24 bits per heavy atom. The SMILES string of the molecule is CC(=O)N(CC(=O)NCc1ccco1)c1ccccc1F. The molecule has 0 bridgehead atoms. The molecule has 0 aliphatic heterocycles. The van der Waals surface area contributed by atoms with Gasteiger partial charge in [-0.3, -0.25) is 9.59 Å². The molecule has 21 heavy (non-hydrogen) atoms. The highest BCUT2D eigenvalue weighted by atomic mass is 19.1. The van der Waals surface area contributed by atoms with Crippen molar-refractivity contribution >= 4 is 17.5 Å². The molecule has 0 radical (unpaired) electrons. The van der Waals surface area contributed by atoms with Crippen molar-refractivity contribution in [2.24, 2.45) is 0 Å². The van der Waals surface area contributed by atoms with Gasteiger partial charge in [0, 0.05) is 6.92 Å². The number of benzene rings is 1. The fourth-order valence-corrected chi connectivity index (χ4v) is 1.84. The average Bonchev–Trinajstić information content (AvgIpc) is 2.96. The minimum Gasteiger partial charge on any atom is -0.467 e. The molecule has 0 spiro atoms. The summed E-state index contributed by atoms with van der Waals surface area (Å²) in [5, 5.41) is 2.61. The fourth-order valence-electron chi connectivity index (χ4n) is 1.84. The molecule has 1 N–H and O–H groups in total. The average molecular weight is 290 g/mol. The van der Waals surface area contributed by atoms with Gasteiger partial charge in [-0.15, -0.1) is 0 Å². The van der Waals surface area contributed by atoms with Crippen LogP contribution in [0.5, 0.6) is 0 Å². The van der Waals surface area contributed by atoms with Crippen molar-refractivity contribution in [3.8, 4) is 0 Å². The van der Waals surface area contributed by atoms with Crippen LogP contribution in [-0.2, 0) is 16.1 Å². The lowest BCUT2D eigenvalue weighted by atomic mass is 10.2. The van der Waals surface area contributed by atoms with E-state index in [-0.39, 0.29) is 18.8 Å². The standard InChI is InChI=1S/C15H15FN2O3/c1-11(19)18(14-7-3-2-6-13(14)16)10-15(20)17-9-12-5-4-8-21-12/h2-8H,9-10H2,1H3,(H,17,20). The van der Waals surface area contributed by atoms with Gasteiger partial charge < -0.3 is 14.6 Å². The zero-order valence-electron chi connectivity index (χ0n) is 11.5. The van der Waals surface area contributed by atoms with Crippen LogP contribution < -0.4 is 10.2 Å². The number of nitrogens with zero attached hydrogens (tertiary/aromatic N) is 1. The first-order chi connectivity index (χ1) is 10.1. The molecular formula is C15H15FN2O3. The molecule has 0 atom stereocenters. The smallest absolute Gasteiger partial charge is 0.240 e. The van der Waals surface area contributed by atoms with Gasteiger partial charge in [0.15, 0.2) is 0 Å². The van der Waals surface area contributed by atoms with Crippen molar-refractivity contribution in [3.63, 3.8) is 0 Å². The second-order valence-electron chi connectivity index (χ2n) is 4.41. The van der Waals surface area contributed by atoms with Crippen LogP contribution >= 0.6 is 0 Å². The number of carbonyl (C=O) groups excluding carboxylic acids is 2. The van der Waals surface area contributed by atoms with Crippen LogP contribution in [0, 0.1) is 5.82 Å². The predicted molar refractivity (Wildman–Crippen MR) is 75.0 cm³/mol. The lowest BCUT2D eigenvalue weighted by molar-refractivity contribution is -0.123. The molecule has 1 aromatic carbocycles. The molecular weight excluding hydrogens is 275 g/mol. The molecule has 5 nitrogen and oxygen atoms in total. The Hall–Kier alpha value is -2.63. The highest BCUT2D eigenvalue weighted by Crippen LogP contribution is 2.18. The van der Waals surface area contributed by atoms with Gasteiger partial charge in [0.1, 0.15) is 18.1 Å². The minimum absolute atomic E-state index is 0.0816. The van der Waals surface area contributed by atoms with Crippen LogP contribution in [0.2, 0.25) is 0 Å². The molecule has 6 heteroatoms. The lowest BCUT2D eigenvalue weighted by Gasteiger charge is -2.21. The quantitative estimate of drug-likeness (QED) is 0.917. The van der Waals surface area contributed by atoms with Gasteiger partial charge in [0.2, 0.25) is 11.8 Å². The van der Waals surface area contributed by atoms with Crippen LogP contribution in [0.25, 0.3) is 0 Å². The van der Waals surface area contributed by atoms with E-state index in [2.05, 4.69) is 5.32 Å². The molecule has 1 aromatic heterocycles. The maximum absolute atomic E-state index is 13.7. The summed E-state index contributed by atoms with van der Waals surface area (Å²) in [6, 6.07) is 9.26. The number of halogens is 1. The maximum atomic E-state index is 13.7. The van der Waals surface area contributed by atoms with Gasteiger partial charge in [-0.05, 0) is 24.3 Å². The molecule has 110 valence electrons. The highest BCUT2D eigenvalue weighted by Gasteiger charge is 2.18. The number of carbonyl (C=O) groups is 2. The molecule has 0 saturated carbocycles. The van der Waals surface area contributed by atoms with Crippen LogP contribution in [0.1, 0.15) is 12.7 Å². The molecule has 0 unspecified atom stereocenters. The molecule has 0 aliphatic rings. The van der Waals surface area contributed by atoms with Gasteiger partial charge in [0.05, 0.1) is 18.5 Å². The van der Waals surface area contributed by atoms with Gasteiger partial charge >= 0.3 is 0 Å². The van der Waals surface area contributed by atoms with Gasteiger partial charge in [0.25, 0.3) is 0 Å². The normalized spacial score (nSPS) is 10.2. The minimum atomic E-state index is -0.550. The third-order valence-electron chi connectivity index (χ3n) is 2.86. The summed E-state index contributed by atoms with van der Waals surface area (Å²) in [5.41, 5.74) is 0.0816. The molecule has 2 amide bonds. The van der Waals surface area contributed by atoms with E-state index in [0.29, 0.717) is 5.76 Å². The number of hydrogen-bond acceptors (Lipinski definition) is 3. The summed E-state index contributed by atoms with van der Waals surface area (Å²) in [7, 11) is 0. The maximum Gasteiger partial charge on any atom is 0.240 e.